The lowest BCUT2D eigenvalue weighted by Gasteiger charge is -2.32. The Balaban J connectivity index is 1.49. The molecule has 1 N–H and O–H groups in total. The van der Waals surface area contributed by atoms with Crippen molar-refractivity contribution in [3.63, 3.8) is 0 Å². The molecule has 1 amide bonds. The Morgan fingerprint density at radius 3 is 2.55 bits per heavy atom. The van der Waals surface area contributed by atoms with E-state index in [0.29, 0.717) is 36.1 Å². The highest BCUT2D eigenvalue weighted by Crippen LogP contribution is 2.32. The maximum Gasteiger partial charge on any atom is 0.339 e. The molecule has 0 spiro atoms. The third kappa shape index (κ3) is 5.31. The molecule has 0 saturated carbocycles. The second-order valence-electron chi connectivity index (χ2n) is 9.63. The number of nitrogens with one attached hydrogen (secondary N) is 1. The first kappa shape index (κ1) is 26.6. The van der Waals surface area contributed by atoms with Crippen molar-refractivity contribution in [3.05, 3.63) is 80.3 Å². The molecule has 4 rings (SSSR count). The first-order valence-corrected chi connectivity index (χ1v) is 12.5. The van der Waals surface area contributed by atoms with Crippen LogP contribution in [0.2, 0.25) is 0 Å². The molecule has 38 heavy (non-hydrogen) atoms. The number of amides is 1. The topological polar surface area (TPSA) is 129 Å². The van der Waals surface area contributed by atoms with Crippen molar-refractivity contribution < 1.29 is 19.2 Å². The summed E-state index contributed by atoms with van der Waals surface area (Å²) in [5.74, 6) is -1.16. The molecular formula is C27H31N5O6. The van der Waals surface area contributed by atoms with E-state index in [-0.39, 0.29) is 16.9 Å². The van der Waals surface area contributed by atoms with Gasteiger partial charge in [0.15, 0.2) is 6.10 Å². The highest BCUT2D eigenvalue weighted by molar-refractivity contribution is 5.98. The zero-order valence-electron chi connectivity index (χ0n) is 21.8. The van der Waals surface area contributed by atoms with E-state index >= 15 is 0 Å². The van der Waals surface area contributed by atoms with Crippen LogP contribution in [0.5, 0.6) is 0 Å². The predicted octanol–water partition coefficient (Wildman–Crippen LogP) is 3.81. The normalized spacial score (nSPS) is 16.1. The number of hydrogen-bond acceptors (Lipinski definition) is 7. The molecule has 11 nitrogen and oxygen atoms in total. The van der Waals surface area contributed by atoms with E-state index in [9.17, 15) is 24.5 Å². The summed E-state index contributed by atoms with van der Waals surface area (Å²) in [5, 5.41) is 14.3. The number of hydrogen-bond donors (Lipinski definition) is 1. The van der Waals surface area contributed by atoms with Gasteiger partial charge in [0.2, 0.25) is 0 Å². The summed E-state index contributed by atoms with van der Waals surface area (Å²) in [6.45, 7) is 6.57. The molecule has 200 valence electrons. The summed E-state index contributed by atoms with van der Waals surface area (Å²) in [7, 11) is 1.70. The van der Waals surface area contributed by atoms with Crippen molar-refractivity contribution in [2.45, 2.75) is 39.7 Å². The lowest BCUT2D eigenvalue weighted by molar-refractivity contribution is -0.384. The Morgan fingerprint density at radius 1 is 1.18 bits per heavy atom. The lowest BCUT2D eigenvalue weighted by atomic mass is 9.99. The third-order valence-corrected chi connectivity index (χ3v) is 6.86. The van der Waals surface area contributed by atoms with Gasteiger partial charge in [-0.1, -0.05) is 25.1 Å². The Morgan fingerprint density at radius 2 is 1.89 bits per heavy atom. The van der Waals surface area contributed by atoms with Crippen molar-refractivity contribution in [1.29, 1.82) is 0 Å². The molecular weight excluding hydrogens is 490 g/mol. The van der Waals surface area contributed by atoms with Gasteiger partial charge >= 0.3 is 5.97 Å². The van der Waals surface area contributed by atoms with Gasteiger partial charge in [0, 0.05) is 26.2 Å². The van der Waals surface area contributed by atoms with Crippen molar-refractivity contribution in [2.24, 2.45) is 13.0 Å². The number of carbonyl (C=O) groups is 2. The number of esters is 1. The minimum atomic E-state index is -1.26. The van der Waals surface area contributed by atoms with Crippen molar-refractivity contribution in [1.82, 2.24) is 9.36 Å². The van der Waals surface area contributed by atoms with E-state index in [1.807, 2.05) is 11.0 Å². The van der Waals surface area contributed by atoms with Gasteiger partial charge in [0.05, 0.1) is 21.9 Å². The zero-order chi connectivity index (χ0) is 27.6. The fraction of sp³-hybridized carbons (Fsp3) is 0.370. The van der Waals surface area contributed by atoms with Gasteiger partial charge in [-0.15, -0.1) is 0 Å². The molecule has 11 heteroatoms. The van der Waals surface area contributed by atoms with Gasteiger partial charge in [-0.2, -0.15) is 0 Å². The van der Waals surface area contributed by atoms with E-state index in [4.69, 9.17) is 4.74 Å². The van der Waals surface area contributed by atoms with Gasteiger partial charge in [0.25, 0.3) is 17.2 Å². The number of anilines is 2. The number of nitro benzene ring substituents is 1. The number of rotatable bonds is 7. The summed E-state index contributed by atoms with van der Waals surface area (Å²) in [5.41, 5.74) is 1.02. The molecule has 1 saturated heterocycles. The standard InChI is InChI=1S/C27H31N5O6/c1-17-9-8-14-30(16-17)22-13-12-20(15-23(22)32(36)37)27(35)38-19(3)25(33)28-24-18(2)29(4)31(26(24)34)21-10-6-5-7-11-21/h5-7,10-13,15,17,19H,8-9,14,16H2,1-4H3,(H,28,33)/t17-,19+/m0/s1. The minimum Gasteiger partial charge on any atom is -0.449 e. The predicted molar refractivity (Wildman–Crippen MR) is 143 cm³/mol. The molecule has 1 aromatic heterocycles. The smallest absolute Gasteiger partial charge is 0.339 e. The molecule has 0 radical (unpaired) electrons. The second-order valence-corrected chi connectivity index (χ2v) is 9.63. The van der Waals surface area contributed by atoms with E-state index in [0.717, 1.165) is 12.8 Å². The largest absolute Gasteiger partial charge is 0.449 e. The van der Waals surface area contributed by atoms with Gasteiger partial charge < -0.3 is 15.0 Å². The SMILES string of the molecule is Cc1c(NC(=O)[C@@H](C)OC(=O)c2ccc(N3CCC[C@H](C)C3)c([N+](=O)[O-])c2)c(=O)n(-c2ccccc2)n1C. The number of aromatic nitrogens is 2. The number of piperidine rings is 1. The van der Waals surface area contributed by atoms with E-state index in [1.54, 1.807) is 49.0 Å². The van der Waals surface area contributed by atoms with Gasteiger partial charge in [0.1, 0.15) is 11.4 Å². The maximum absolute atomic E-state index is 13.0. The first-order valence-electron chi connectivity index (χ1n) is 12.5. The second kappa shape index (κ2) is 10.9. The van der Waals surface area contributed by atoms with Gasteiger partial charge in [-0.3, -0.25) is 24.4 Å². The van der Waals surface area contributed by atoms with E-state index < -0.39 is 28.5 Å². The molecule has 0 bridgehead atoms. The summed E-state index contributed by atoms with van der Waals surface area (Å²) < 4.78 is 8.35. The molecule has 1 aliphatic heterocycles. The average Bonchev–Trinajstić information content (AvgIpc) is 3.11. The van der Waals surface area contributed by atoms with Crippen LogP contribution in [0.4, 0.5) is 17.1 Å². The maximum atomic E-state index is 13.0. The van der Waals surface area contributed by atoms with Crippen molar-refractivity contribution in [2.75, 3.05) is 23.3 Å². The number of carbonyl (C=O) groups excluding carboxylic acids is 2. The van der Waals surface area contributed by atoms with Crippen LogP contribution < -0.4 is 15.8 Å². The molecule has 0 aliphatic carbocycles. The Hall–Kier alpha value is -4.41. The zero-order valence-corrected chi connectivity index (χ0v) is 21.8. The Bertz CT molecular complexity index is 1430. The van der Waals surface area contributed by atoms with Crippen LogP contribution in [0, 0.1) is 23.0 Å². The van der Waals surface area contributed by atoms with E-state index in [2.05, 4.69) is 12.2 Å². The number of ether oxygens (including phenoxy) is 1. The molecule has 2 atom stereocenters. The molecule has 2 aromatic carbocycles. The number of benzene rings is 2. The van der Waals surface area contributed by atoms with Crippen LogP contribution in [0.3, 0.4) is 0 Å². The number of nitrogens with zero attached hydrogens (tertiary/aromatic N) is 4. The Labute approximate surface area is 219 Å². The van der Waals surface area contributed by atoms with Crippen molar-refractivity contribution in [3.8, 4) is 5.69 Å². The first-order chi connectivity index (χ1) is 18.1. The molecule has 2 heterocycles. The number of nitro groups is 1. The summed E-state index contributed by atoms with van der Waals surface area (Å²) in [6.07, 6.45) is 0.747. The monoisotopic (exact) mass is 521 g/mol. The Kier molecular flexibility index (Phi) is 7.65. The average molecular weight is 522 g/mol. The third-order valence-electron chi connectivity index (χ3n) is 6.86. The highest BCUT2D eigenvalue weighted by atomic mass is 16.6. The van der Waals surface area contributed by atoms with Crippen LogP contribution in [0.25, 0.3) is 5.69 Å². The molecule has 3 aromatic rings. The molecule has 1 fully saturated rings. The fourth-order valence-corrected chi connectivity index (χ4v) is 4.69. The van der Waals surface area contributed by atoms with Crippen LogP contribution >= 0.6 is 0 Å². The van der Waals surface area contributed by atoms with Gasteiger partial charge in [-0.05, 0) is 56.9 Å². The highest BCUT2D eigenvalue weighted by Gasteiger charge is 2.27. The fourth-order valence-electron chi connectivity index (χ4n) is 4.69. The van der Waals surface area contributed by atoms with E-state index in [1.165, 1.54) is 23.7 Å². The minimum absolute atomic E-state index is 0.0347. The van der Waals surface area contributed by atoms with Crippen LogP contribution in [-0.4, -0.2) is 45.4 Å². The summed E-state index contributed by atoms with van der Waals surface area (Å²) in [6, 6.07) is 13.2. The van der Waals surface area contributed by atoms with Gasteiger partial charge in [-0.25, -0.2) is 9.48 Å². The number of para-hydroxylation sites is 1. The quantitative estimate of drug-likeness (QED) is 0.284. The lowest BCUT2D eigenvalue weighted by Crippen LogP contribution is -2.34. The van der Waals surface area contributed by atoms with Crippen molar-refractivity contribution >= 4 is 28.9 Å². The van der Waals surface area contributed by atoms with Crippen LogP contribution in [-0.2, 0) is 16.6 Å². The van der Waals surface area contributed by atoms with Crippen LogP contribution in [0.15, 0.2) is 53.3 Å². The summed E-state index contributed by atoms with van der Waals surface area (Å²) in [4.78, 5) is 51.9. The molecule has 1 aliphatic rings. The summed E-state index contributed by atoms with van der Waals surface area (Å²) >= 11 is 0. The van der Waals surface area contributed by atoms with Crippen LogP contribution in [0.1, 0.15) is 42.7 Å². The molecule has 0 unspecified atom stereocenters.